The SMILES string of the molecule is CCCC1=Nc2cc(C(=O)NCCN3CCN(c4cccc(C)c4C)CC3)ccc2SC2C=CC=CC12. The van der Waals surface area contributed by atoms with Crippen LogP contribution in [0.25, 0.3) is 0 Å². The third-order valence-corrected chi connectivity index (χ3v) is 9.05. The van der Waals surface area contributed by atoms with Gasteiger partial charge in [0.2, 0.25) is 0 Å². The highest BCUT2D eigenvalue weighted by Gasteiger charge is 2.28. The number of rotatable bonds is 7. The van der Waals surface area contributed by atoms with E-state index in [1.165, 1.54) is 22.5 Å². The lowest BCUT2D eigenvalue weighted by Gasteiger charge is -2.37. The summed E-state index contributed by atoms with van der Waals surface area (Å²) in [4.78, 5) is 24.2. The molecule has 37 heavy (non-hydrogen) atoms. The van der Waals surface area contributed by atoms with Gasteiger partial charge in [0, 0.05) is 72.3 Å². The predicted octanol–water partition coefficient (Wildman–Crippen LogP) is 5.94. The van der Waals surface area contributed by atoms with Crippen molar-refractivity contribution in [2.45, 2.75) is 43.8 Å². The Bertz CT molecular complexity index is 1230. The van der Waals surface area contributed by atoms with Crippen LogP contribution < -0.4 is 10.2 Å². The largest absolute Gasteiger partial charge is 0.369 e. The molecule has 1 fully saturated rings. The average Bonchev–Trinajstić information content (AvgIpc) is 3.07. The van der Waals surface area contributed by atoms with E-state index in [4.69, 9.17) is 4.99 Å². The molecule has 0 spiro atoms. The first-order chi connectivity index (χ1) is 18.0. The number of aryl methyl sites for hydroxylation is 1. The molecular weight excluding hydrogens is 476 g/mol. The van der Waals surface area contributed by atoms with Crippen LogP contribution in [0.15, 0.2) is 70.6 Å². The van der Waals surface area contributed by atoms with Crippen molar-refractivity contribution >= 4 is 34.8 Å². The number of nitrogens with zero attached hydrogens (tertiary/aromatic N) is 3. The van der Waals surface area contributed by atoms with E-state index in [0.29, 0.717) is 23.3 Å². The van der Waals surface area contributed by atoms with Crippen molar-refractivity contribution < 1.29 is 4.79 Å². The number of benzene rings is 2. The van der Waals surface area contributed by atoms with Gasteiger partial charge in [0.25, 0.3) is 5.91 Å². The summed E-state index contributed by atoms with van der Waals surface area (Å²) >= 11 is 1.85. The van der Waals surface area contributed by atoms with Gasteiger partial charge in [-0.2, -0.15) is 0 Å². The van der Waals surface area contributed by atoms with Crippen LogP contribution in [0.3, 0.4) is 0 Å². The molecule has 0 saturated carbocycles. The zero-order valence-corrected chi connectivity index (χ0v) is 23.1. The molecule has 6 heteroatoms. The molecule has 5 nitrogen and oxygen atoms in total. The van der Waals surface area contributed by atoms with Gasteiger partial charge in [-0.05, 0) is 55.7 Å². The lowest BCUT2D eigenvalue weighted by Crippen LogP contribution is -2.48. The summed E-state index contributed by atoms with van der Waals surface area (Å²) in [6.45, 7) is 12.2. The van der Waals surface area contributed by atoms with Crippen LogP contribution >= 0.6 is 11.8 Å². The van der Waals surface area contributed by atoms with Crippen LogP contribution in [0.5, 0.6) is 0 Å². The van der Waals surface area contributed by atoms with Crippen molar-refractivity contribution in [1.29, 1.82) is 0 Å². The third kappa shape index (κ3) is 5.86. The molecule has 1 N–H and O–H groups in total. The standard InChI is InChI=1S/C31H38N4OS/c1-4-8-26-25-10-5-6-12-29(25)37-30-14-13-24(21-27(30)33-26)31(36)32-15-16-34-17-19-35(20-18-34)28-11-7-9-22(2)23(28)3/h5-7,9-14,21,25,29H,4,8,15-20H2,1-3H3,(H,32,36). The summed E-state index contributed by atoms with van der Waals surface area (Å²) in [5, 5.41) is 3.51. The Labute approximate surface area is 225 Å². The number of carbonyl (C=O) groups is 1. The second-order valence-electron chi connectivity index (χ2n) is 10.2. The Morgan fingerprint density at radius 1 is 1.08 bits per heavy atom. The maximum Gasteiger partial charge on any atom is 0.251 e. The molecular formula is C31H38N4OS. The van der Waals surface area contributed by atoms with Crippen molar-refractivity contribution in [3.63, 3.8) is 0 Å². The van der Waals surface area contributed by atoms with Gasteiger partial charge >= 0.3 is 0 Å². The molecule has 0 bridgehead atoms. The fourth-order valence-electron chi connectivity index (χ4n) is 5.42. The molecule has 2 atom stereocenters. The van der Waals surface area contributed by atoms with E-state index >= 15 is 0 Å². The van der Waals surface area contributed by atoms with Crippen LogP contribution in [0, 0.1) is 19.8 Å². The third-order valence-electron chi connectivity index (χ3n) is 7.73. The first-order valence-corrected chi connectivity index (χ1v) is 14.5. The smallest absolute Gasteiger partial charge is 0.251 e. The highest BCUT2D eigenvalue weighted by molar-refractivity contribution is 8.00. The molecule has 194 valence electrons. The molecule has 1 aliphatic carbocycles. The number of allylic oxidation sites excluding steroid dienone is 3. The van der Waals surface area contributed by atoms with Crippen LogP contribution in [0.2, 0.25) is 0 Å². The summed E-state index contributed by atoms with van der Waals surface area (Å²) in [5.41, 5.74) is 6.91. The summed E-state index contributed by atoms with van der Waals surface area (Å²) in [7, 11) is 0. The lowest BCUT2D eigenvalue weighted by atomic mass is 9.92. The van der Waals surface area contributed by atoms with Crippen molar-refractivity contribution in [3.8, 4) is 0 Å². The molecule has 3 aliphatic rings. The number of carbonyl (C=O) groups excluding carboxylic acids is 1. The average molecular weight is 515 g/mol. The zero-order chi connectivity index (χ0) is 25.8. The second kappa shape index (κ2) is 11.7. The minimum absolute atomic E-state index is 0.0180. The molecule has 1 amide bonds. The normalized spacial score (nSPS) is 21.2. The molecule has 2 aromatic rings. The van der Waals surface area contributed by atoms with Gasteiger partial charge in [-0.3, -0.25) is 14.7 Å². The van der Waals surface area contributed by atoms with Gasteiger partial charge in [0.1, 0.15) is 0 Å². The first-order valence-electron chi connectivity index (χ1n) is 13.6. The Kier molecular flexibility index (Phi) is 8.16. The Morgan fingerprint density at radius 3 is 2.70 bits per heavy atom. The highest BCUT2D eigenvalue weighted by Crippen LogP contribution is 2.42. The number of piperazine rings is 1. The van der Waals surface area contributed by atoms with Gasteiger partial charge in [-0.1, -0.05) is 49.8 Å². The van der Waals surface area contributed by atoms with E-state index in [1.807, 2.05) is 23.9 Å². The van der Waals surface area contributed by atoms with E-state index in [2.05, 4.69) is 84.5 Å². The van der Waals surface area contributed by atoms with Gasteiger partial charge < -0.3 is 10.2 Å². The minimum Gasteiger partial charge on any atom is -0.369 e. The predicted molar refractivity (Wildman–Crippen MR) is 157 cm³/mol. The summed E-state index contributed by atoms with van der Waals surface area (Å²) in [6, 6.07) is 12.6. The molecule has 2 aliphatic heterocycles. The number of nitrogens with one attached hydrogen (secondary N) is 1. The topological polar surface area (TPSA) is 47.9 Å². The van der Waals surface area contributed by atoms with Crippen molar-refractivity contribution in [2.75, 3.05) is 44.2 Å². The van der Waals surface area contributed by atoms with E-state index in [0.717, 1.165) is 56.1 Å². The minimum atomic E-state index is -0.0180. The quantitative estimate of drug-likeness (QED) is 0.496. The van der Waals surface area contributed by atoms with Crippen molar-refractivity contribution in [2.24, 2.45) is 10.9 Å². The van der Waals surface area contributed by atoms with E-state index in [-0.39, 0.29) is 5.91 Å². The van der Waals surface area contributed by atoms with Crippen LogP contribution in [-0.4, -0.2) is 61.0 Å². The number of anilines is 1. The molecule has 2 unspecified atom stereocenters. The zero-order valence-electron chi connectivity index (χ0n) is 22.2. The Morgan fingerprint density at radius 2 is 1.89 bits per heavy atom. The van der Waals surface area contributed by atoms with Crippen molar-refractivity contribution in [1.82, 2.24) is 10.2 Å². The molecule has 0 aromatic heterocycles. The van der Waals surface area contributed by atoms with Gasteiger partial charge in [0.05, 0.1) is 5.69 Å². The van der Waals surface area contributed by atoms with Crippen LogP contribution in [-0.2, 0) is 0 Å². The van der Waals surface area contributed by atoms with E-state index in [1.54, 1.807) is 0 Å². The van der Waals surface area contributed by atoms with Crippen molar-refractivity contribution in [3.05, 3.63) is 77.4 Å². The Hall–Kier alpha value is -2.83. The monoisotopic (exact) mass is 514 g/mol. The summed E-state index contributed by atoms with van der Waals surface area (Å²) in [5.74, 6) is 0.311. The number of thioether (sulfide) groups is 1. The number of hydrogen-bond acceptors (Lipinski definition) is 5. The van der Waals surface area contributed by atoms with Crippen LogP contribution in [0.1, 0.15) is 41.3 Å². The summed E-state index contributed by atoms with van der Waals surface area (Å²) in [6.07, 6.45) is 10.9. The maximum absolute atomic E-state index is 13.0. The van der Waals surface area contributed by atoms with Gasteiger partial charge in [0.15, 0.2) is 0 Å². The van der Waals surface area contributed by atoms with Gasteiger partial charge in [-0.15, -0.1) is 11.8 Å². The van der Waals surface area contributed by atoms with Crippen LogP contribution in [0.4, 0.5) is 11.4 Å². The molecule has 5 rings (SSSR count). The summed E-state index contributed by atoms with van der Waals surface area (Å²) < 4.78 is 0. The van der Waals surface area contributed by atoms with E-state index < -0.39 is 0 Å². The molecule has 2 aromatic carbocycles. The molecule has 1 saturated heterocycles. The Balaban J connectivity index is 1.17. The molecule has 0 radical (unpaired) electrons. The highest BCUT2D eigenvalue weighted by atomic mass is 32.2. The lowest BCUT2D eigenvalue weighted by molar-refractivity contribution is 0.0947. The number of fused-ring (bicyclic) bond motifs is 2. The maximum atomic E-state index is 13.0. The fourth-order valence-corrected chi connectivity index (χ4v) is 6.65. The first kappa shape index (κ1) is 25.8. The molecule has 2 heterocycles. The fraction of sp³-hybridized carbons (Fsp3) is 0.419. The second-order valence-corrected chi connectivity index (χ2v) is 11.4. The number of hydrogen-bond donors (Lipinski definition) is 1. The number of amides is 1. The van der Waals surface area contributed by atoms with Gasteiger partial charge in [-0.25, -0.2) is 0 Å². The number of aliphatic imine (C=N–C) groups is 1. The van der Waals surface area contributed by atoms with E-state index in [9.17, 15) is 4.79 Å².